The molecule has 0 radical (unpaired) electrons. The lowest BCUT2D eigenvalue weighted by Gasteiger charge is -2.23. The van der Waals surface area contributed by atoms with E-state index in [9.17, 15) is 9.59 Å². The minimum Gasteiger partial charge on any atom is -0.491 e. The summed E-state index contributed by atoms with van der Waals surface area (Å²) in [5.41, 5.74) is 2.26. The van der Waals surface area contributed by atoms with Gasteiger partial charge in [-0.2, -0.15) is 0 Å². The number of imide groups is 1. The van der Waals surface area contributed by atoms with Crippen molar-refractivity contribution in [2.24, 2.45) is 0 Å². The van der Waals surface area contributed by atoms with Crippen LogP contribution in [-0.4, -0.2) is 58.8 Å². The molecule has 2 heterocycles. The molecule has 1 aliphatic heterocycles. The first kappa shape index (κ1) is 22.5. The van der Waals surface area contributed by atoms with E-state index >= 15 is 0 Å². The second-order valence-electron chi connectivity index (χ2n) is 7.31. The van der Waals surface area contributed by atoms with Gasteiger partial charge in [-0.05, 0) is 64.9 Å². The topological polar surface area (TPSA) is 117 Å². The van der Waals surface area contributed by atoms with Crippen LogP contribution in [0.2, 0.25) is 0 Å². The predicted octanol–water partition coefficient (Wildman–Crippen LogP) is 2.91. The molecular weight excluding hydrogens is 527 g/mol. The molecule has 3 amide bonds. The van der Waals surface area contributed by atoms with Crippen molar-refractivity contribution < 1.29 is 24.2 Å². The van der Waals surface area contributed by atoms with Gasteiger partial charge in [0, 0.05) is 17.3 Å². The molecule has 32 heavy (non-hydrogen) atoms. The molecule has 0 spiro atoms. The number of halogens is 1. The largest absolute Gasteiger partial charge is 0.491 e. The minimum atomic E-state index is -0.801. The molecule has 1 aliphatic rings. The number of rotatable bonds is 9. The maximum atomic E-state index is 13.3. The van der Waals surface area contributed by atoms with Gasteiger partial charge in [-0.3, -0.25) is 9.69 Å². The van der Waals surface area contributed by atoms with E-state index in [1.165, 1.54) is 4.90 Å². The number of aliphatic hydroxyl groups excluding tert-OH is 1. The van der Waals surface area contributed by atoms with E-state index in [0.29, 0.717) is 30.2 Å². The highest BCUT2D eigenvalue weighted by molar-refractivity contribution is 14.1. The number of urea groups is 1. The van der Waals surface area contributed by atoms with Gasteiger partial charge in [-0.25, -0.2) is 9.78 Å². The number of imidazole rings is 1. The van der Waals surface area contributed by atoms with Gasteiger partial charge in [-0.1, -0.05) is 12.1 Å². The van der Waals surface area contributed by atoms with Crippen molar-refractivity contribution in [2.75, 3.05) is 26.9 Å². The lowest BCUT2D eigenvalue weighted by molar-refractivity contribution is -0.129. The van der Waals surface area contributed by atoms with E-state index in [1.807, 2.05) is 18.2 Å². The highest BCUT2D eigenvalue weighted by Crippen LogP contribution is 2.32. The predicted molar refractivity (Wildman–Crippen MR) is 125 cm³/mol. The van der Waals surface area contributed by atoms with E-state index in [0.717, 1.165) is 14.6 Å². The lowest BCUT2D eigenvalue weighted by atomic mass is 10.1. The van der Waals surface area contributed by atoms with E-state index in [2.05, 4.69) is 37.9 Å². The number of nitrogens with zero attached hydrogens (tertiary/aromatic N) is 2. The van der Waals surface area contributed by atoms with Crippen LogP contribution in [0.3, 0.4) is 0 Å². The van der Waals surface area contributed by atoms with Crippen LogP contribution in [0.15, 0.2) is 42.5 Å². The second kappa shape index (κ2) is 9.84. The molecule has 9 nitrogen and oxygen atoms in total. The Bertz CT molecular complexity index is 1120. The van der Waals surface area contributed by atoms with Gasteiger partial charge in [-0.15, -0.1) is 0 Å². The molecule has 0 aliphatic carbocycles. The maximum Gasteiger partial charge on any atom is 0.325 e. The number of hydrogen-bond acceptors (Lipinski definition) is 6. The Morgan fingerprint density at radius 2 is 1.97 bits per heavy atom. The van der Waals surface area contributed by atoms with Gasteiger partial charge in [0.2, 0.25) is 0 Å². The number of amides is 3. The van der Waals surface area contributed by atoms with E-state index in [4.69, 9.17) is 14.6 Å². The number of hydrogen-bond donors (Lipinski definition) is 3. The van der Waals surface area contributed by atoms with E-state index in [1.54, 1.807) is 31.4 Å². The molecule has 0 bridgehead atoms. The molecular formula is C22H23IN4O5. The van der Waals surface area contributed by atoms with Crippen molar-refractivity contribution >= 4 is 45.6 Å². The van der Waals surface area contributed by atoms with Crippen LogP contribution >= 0.6 is 22.6 Å². The van der Waals surface area contributed by atoms with Gasteiger partial charge < -0.3 is 24.9 Å². The van der Waals surface area contributed by atoms with Gasteiger partial charge in [0.05, 0.1) is 17.6 Å². The Hall–Kier alpha value is -2.70. The van der Waals surface area contributed by atoms with Gasteiger partial charge in [0.25, 0.3) is 5.91 Å². The molecule has 1 saturated heterocycles. The molecule has 2 aromatic carbocycles. The maximum absolute atomic E-state index is 13.3. The number of fused-ring (bicyclic) bond motifs is 1. The Morgan fingerprint density at radius 1 is 1.19 bits per heavy atom. The van der Waals surface area contributed by atoms with Gasteiger partial charge in [0.15, 0.2) is 0 Å². The third kappa shape index (κ3) is 4.57. The number of ether oxygens (including phenoxy) is 2. The molecule has 2 atom stereocenters. The smallest absolute Gasteiger partial charge is 0.325 e. The quantitative estimate of drug-likeness (QED) is 0.279. The molecule has 1 fully saturated rings. The van der Waals surface area contributed by atoms with Crippen molar-refractivity contribution in [3.05, 3.63) is 57.4 Å². The van der Waals surface area contributed by atoms with Crippen molar-refractivity contribution in [1.82, 2.24) is 20.2 Å². The summed E-state index contributed by atoms with van der Waals surface area (Å²) >= 11 is 2.22. The number of methoxy groups -OCH3 is 1. The third-order valence-electron chi connectivity index (χ3n) is 5.23. The summed E-state index contributed by atoms with van der Waals surface area (Å²) < 4.78 is 11.6. The van der Waals surface area contributed by atoms with E-state index in [-0.39, 0.29) is 19.1 Å². The van der Waals surface area contributed by atoms with Crippen LogP contribution in [0.4, 0.5) is 4.79 Å². The Kier molecular flexibility index (Phi) is 6.92. The molecule has 4 rings (SSSR count). The summed E-state index contributed by atoms with van der Waals surface area (Å²) in [6, 6.07) is 10.8. The average Bonchev–Trinajstić information content (AvgIpc) is 3.34. The molecule has 0 unspecified atom stereocenters. The Balaban J connectivity index is 1.61. The van der Waals surface area contributed by atoms with Crippen molar-refractivity contribution in [2.45, 2.75) is 18.5 Å². The molecule has 10 heteroatoms. The molecule has 0 saturated carbocycles. The highest BCUT2D eigenvalue weighted by atomic mass is 127. The minimum absolute atomic E-state index is 0.0856. The summed E-state index contributed by atoms with van der Waals surface area (Å²) in [5.74, 6) is 0.762. The summed E-state index contributed by atoms with van der Waals surface area (Å²) in [6.45, 7) is 0.458. The fraction of sp³-hybridized carbons (Fsp3) is 0.318. The molecule has 168 valence electrons. The standard InChI is InChI=1S/C22H23IN4O5/c1-31-10-8-18(20-24-16-7-4-14(23)12-17(16)25-20)27-21(29)19(26-22(27)30)13-2-5-15(6-3-13)32-11-9-28/h2-7,12,18-19,28H,8-11H2,1H3,(H,24,25)(H,26,30)/t18-,19-/m1/s1. The monoisotopic (exact) mass is 550 g/mol. The lowest BCUT2D eigenvalue weighted by Crippen LogP contribution is -2.36. The van der Waals surface area contributed by atoms with Crippen LogP contribution < -0.4 is 10.1 Å². The fourth-order valence-corrected chi connectivity index (χ4v) is 4.18. The Morgan fingerprint density at radius 3 is 2.69 bits per heavy atom. The summed E-state index contributed by atoms with van der Waals surface area (Å²) in [6.07, 6.45) is 0.410. The molecule has 3 N–H and O–H groups in total. The van der Waals surface area contributed by atoms with Crippen molar-refractivity contribution in [3.8, 4) is 5.75 Å². The van der Waals surface area contributed by atoms with Crippen LogP contribution in [0.5, 0.6) is 5.75 Å². The van der Waals surface area contributed by atoms with Crippen molar-refractivity contribution in [1.29, 1.82) is 0 Å². The highest BCUT2D eigenvalue weighted by Gasteiger charge is 2.44. The number of aromatic amines is 1. The number of nitrogens with one attached hydrogen (secondary N) is 2. The summed E-state index contributed by atoms with van der Waals surface area (Å²) in [4.78, 5) is 35.3. The van der Waals surface area contributed by atoms with Crippen LogP contribution in [0.25, 0.3) is 11.0 Å². The molecule has 1 aromatic heterocycles. The first-order valence-electron chi connectivity index (χ1n) is 10.1. The normalized spacial score (nSPS) is 17.1. The number of aromatic nitrogens is 2. The zero-order valence-electron chi connectivity index (χ0n) is 17.4. The van der Waals surface area contributed by atoms with Gasteiger partial charge in [0.1, 0.15) is 30.3 Å². The van der Waals surface area contributed by atoms with Crippen LogP contribution in [0.1, 0.15) is 29.9 Å². The fourth-order valence-electron chi connectivity index (χ4n) is 3.71. The zero-order chi connectivity index (χ0) is 22.7. The second-order valence-corrected chi connectivity index (χ2v) is 8.56. The first-order valence-corrected chi connectivity index (χ1v) is 11.2. The number of benzene rings is 2. The van der Waals surface area contributed by atoms with Crippen LogP contribution in [0, 0.1) is 3.57 Å². The number of H-pyrrole nitrogens is 1. The van der Waals surface area contributed by atoms with Gasteiger partial charge >= 0.3 is 6.03 Å². The summed E-state index contributed by atoms with van der Waals surface area (Å²) in [5, 5.41) is 11.7. The van der Waals surface area contributed by atoms with E-state index < -0.39 is 18.1 Å². The number of carbonyl (C=O) groups is 2. The van der Waals surface area contributed by atoms with Crippen molar-refractivity contribution in [3.63, 3.8) is 0 Å². The third-order valence-corrected chi connectivity index (χ3v) is 5.90. The zero-order valence-corrected chi connectivity index (χ0v) is 19.5. The SMILES string of the molecule is COCC[C@H](c1nc2cc(I)ccc2[nH]1)N1C(=O)N[C@H](c2ccc(OCCO)cc2)C1=O. The number of aliphatic hydroxyl groups is 1. The average molecular weight is 550 g/mol. The molecule has 3 aromatic rings. The number of carbonyl (C=O) groups excluding carboxylic acids is 2. The van der Waals surface area contributed by atoms with Crippen LogP contribution in [-0.2, 0) is 9.53 Å². The first-order chi connectivity index (χ1) is 15.5. The Labute approximate surface area is 198 Å². The summed E-state index contributed by atoms with van der Waals surface area (Å²) in [7, 11) is 1.58.